The van der Waals surface area contributed by atoms with E-state index in [0.29, 0.717) is 11.5 Å². The Kier molecular flexibility index (Phi) is 13.3. The summed E-state index contributed by atoms with van der Waals surface area (Å²) in [4.78, 5) is 2.61. The van der Waals surface area contributed by atoms with Gasteiger partial charge in [-0.25, -0.2) is 0 Å². The second-order valence-electron chi connectivity index (χ2n) is 13.1. The van der Waals surface area contributed by atoms with Gasteiger partial charge in [-0.15, -0.1) is 0 Å². The average molecular weight is 618 g/mol. The van der Waals surface area contributed by atoms with Gasteiger partial charge >= 0.3 is 0 Å². The molecule has 1 heterocycles. The van der Waals surface area contributed by atoms with Gasteiger partial charge in [-0.05, 0) is 87.9 Å². The number of hydrogen-bond donors (Lipinski definition) is 3. The Balaban J connectivity index is 1.93. The lowest BCUT2D eigenvalue weighted by Crippen LogP contribution is -2.48. The first-order chi connectivity index (χ1) is 20.5. The van der Waals surface area contributed by atoms with Crippen LogP contribution in [0.25, 0.3) is 0 Å². The lowest BCUT2D eigenvalue weighted by atomic mass is 9.68. The van der Waals surface area contributed by atoms with Crippen LogP contribution in [0.4, 0.5) is 5.69 Å². The van der Waals surface area contributed by atoms with Crippen LogP contribution in [0.5, 0.6) is 5.75 Å². The van der Waals surface area contributed by atoms with E-state index in [1.165, 1.54) is 26.2 Å². The number of fused-ring (bicyclic) bond motifs is 1. The van der Waals surface area contributed by atoms with E-state index in [4.69, 9.17) is 4.74 Å². The van der Waals surface area contributed by atoms with Crippen molar-refractivity contribution in [2.75, 3.05) is 57.5 Å². The van der Waals surface area contributed by atoms with Crippen molar-refractivity contribution in [3.05, 3.63) is 53.6 Å². The molecule has 0 saturated heterocycles. The van der Waals surface area contributed by atoms with Crippen LogP contribution >= 0.6 is 10.6 Å². The summed E-state index contributed by atoms with van der Waals surface area (Å²) in [5, 5.41) is 12.4. The Hall–Kier alpha value is -1.77. The monoisotopic (exact) mass is 617 g/mol. The SMILES string of the molecule is CCCCC1(CCCC)CS(O)(O)c2ccc(N(C)C)cc2C(c2ccc(OCCCC[N+](CC)(CC)CC)cc2)C1O. The van der Waals surface area contributed by atoms with E-state index < -0.39 is 22.1 Å². The summed E-state index contributed by atoms with van der Waals surface area (Å²) in [7, 11) is 0.875. The molecule has 0 fully saturated rings. The molecule has 2 aromatic carbocycles. The molecule has 0 saturated carbocycles. The second kappa shape index (κ2) is 16.0. The molecule has 0 spiro atoms. The van der Waals surface area contributed by atoms with Crippen LogP contribution < -0.4 is 9.64 Å². The Morgan fingerprint density at radius 3 is 2.00 bits per heavy atom. The lowest BCUT2D eigenvalue weighted by molar-refractivity contribution is -0.923. The predicted octanol–water partition coefficient (Wildman–Crippen LogP) is 8.77. The molecular formula is C36H61N2O4S+. The third-order valence-electron chi connectivity index (χ3n) is 10.2. The first kappa shape index (κ1) is 35.7. The molecule has 1 aliphatic rings. The molecule has 1 aliphatic heterocycles. The van der Waals surface area contributed by atoms with Crippen LogP contribution in [0.1, 0.15) is 103 Å². The lowest BCUT2D eigenvalue weighted by Gasteiger charge is -2.44. The maximum Gasteiger partial charge on any atom is 0.119 e. The van der Waals surface area contributed by atoms with Crippen molar-refractivity contribution in [1.82, 2.24) is 0 Å². The number of aliphatic hydroxyl groups is 1. The molecule has 244 valence electrons. The van der Waals surface area contributed by atoms with Crippen molar-refractivity contribution in [3.8, 4) is 5.75 Å². The van der Waals surface area contributed by atoms with Gasteiger partial charge in [0.2, 0.25) is 0 Å². The highest BCUT2D eigenvalue weighted by molar-refractivity contribution is 8.24. The zero-order valence-corrected chi connectivity index (χ0v) is 29.0. The minimum absolute atomic E-state index is 0.210. The molecule has 2 atom stereocenters. The standard InChI is InChI=1S/C36H60N2O4S/c1-8-13-23-36(24-14-9-2)28-43(40,41)33-22-19-30(37(6)7)27-32(33)34(35(36)39)29-17-20-31(21-18-29)42-26-16-15-25-38(10-3,11-4)12-5/h17-22,27,34-35,39H,8-16,23-26,28H2,1-7H3,(H-,40,41)/p+1. The van der Waals surface area contributed by atoms with Crippen LogP contribution in [0.2, 0.25) is 0 Å². The number of nitrogens with zero attached hydrogens (tertiary/aromatic N) is 2. The van der Waals surface area contributed by atoms with E-state index in [1.807, 2.05) is 43.3 Å². The third-order valence-corrected chi connectivity index (χ3v) is 12.3. The minimum atomic E-state index is -3.11. The summed E-state index contributed by atoms with van der Waals surface area (Å²) in [5.41, 5.74) is 2.22. The number of aliphatic hydroxyl groups excluding tert-OH is 1. The largest absolute Gasteiger partial charge is 0.494 e. The van der Waals surface area contributed by atoms with E-state index >= 15 is 0 Å². The highest BCUT2D eigenvalue weighted by Gasteiger charge is 2.49. The van der Waals surface area contributed by atoms with E-state index in [0.717, 1.165) is 78.4 Å². The maximum absolute atomic E-state index is 12.4. The maximum atomic E-state index is 12.4. The number of benzene rings is 2. The second-order valence-corrected chi connectivity index (χ2v) is 15.1. The first-order valence-corrected chi connectivity index (χ1v) is 18.6. The number of hydrogen-bond acceptors (Lipinski definition) is 5. The van der Waals surface area contributed by atoms with Gasteiger partial charge in [0, 0.05) is 31.1 Å². The van der Waals surface area contributed by atoms with Gasteiger partial charge in [0.1, 0.15) is 5.75 Å². The highest BCUT2D eigenvalue weighted by atomic mass is 32.3. The summed E-state index contributed by atoms with van der Waals surface area (Å²) in [6.07, 6.45) is 6.90. The summed E-state index contributed by atoms with van der Waals surface area (Å²) in [6.45, 7) is 16.6. The van der Waals surface area contributed by atoms with Crippen molar-refractivity contribution >= 4 is 16.3 Å². The van der Waals surface area contributed by atoms with E-state index in [9.17, 15) is 14.2 Å². The summed E-state index contributed by atoms with van der Waals surface area (Å²) in [6, 6.07) is 14.1. The van der Waals surface area contributed by atoms with Gasteiger partial charge in [0.25, 0.3) is 0 Å². The van der Waals surface area contributed by atoms with Gasteiger partial charge in [0.05, 0.1) is 49.5 Å². The normalized spacial score (nSPS) is 20.2. The molecule has 2 aromatic rings. The highest BCUT2D eigenvalue weighted by Crippen LogP contribution is 2.62. The van der Waals surface area contributed by atoms with Crippen LogP contribution in [0.15, 0.2) is 47.4 Å². The van der Waals surface area contributed by atoms with E-state index in [-0.39, 0.29) is 11.7 Å². The Bertz CT molecular complexity index is 1100. The summed E-state index contributed by atoms with van der Waals surface area (Å²) < 4.78 is 30.8. The topological polar surface area (TPSA) is 73.2 Å². The molecular weight excluding hydrogens is 556 g/mol. The van der Waals surface area contributed by atoms with Crippen molar-refractivity contribution in [2.45, 2.75) is 103 Å². The molecule has 43 heavy (non-hydrogen) atoms. The Morgan fingerprint density at radius 1 is 0.860 bits per heavy atom. The Labute approximate surface area is 264 Å². The molecule has 3 rings (SSSR count). The number of anilines is 1. The van der Waals surface area contributed by atoms with Gasteiger partial charge in [-0.2, -0.15) is 10.6 Å². The zero-order valence-electron chi connectivity index (χ0n) is 28.1. The smallest absolute Gasteiger partial charge is 0.119 e. The molecule has 0 radical (unpaired) electrons. The fourth-order valence-electron chi connectivity index (χ4n) is 7.08. The van der Waals surface area contributed by atoms with E-state index in [2.05, 4.69) is 52.8 Å². The number of rotatable bonds is 17. The number of ether oxygens (including phenoxy) is 1. The molecule has 0 bridgehead atoms. The zero-order chi connectivity index (χ0) is 31.7. The third kappa shape index (κ3) is 8.49. The molecule has 0 amide bonds. The summed E-state index contributed by atoms with van der Waals surface area (Å²) >= 11 is 0. The van der Waals surface area contributed by atoms with Crippen LogP contribution in [0.3, 0.4) is 0 Å². The molecule has 3 N–H and O–H groups in total. The van der Waals surface area contributed by atoms with Gasteiger partial charge in [0.15, 0.2) is 0 Å². The predicted molar refractivity (Wildman–Crippen MR) is 184 cm³/mol. The number of unbranched alkanes of at least 4 members (excludes halogenated alkanes) is 3. The number of quaternary nitrogens is 1. The molecule has 2 unspecified atom stereocenters. The summed E-state index contributed by atoms with van der Waals surface area (Å²) in [5.74, 6) is 0.680. The first-order valence-electron chi connectivity index (χ1n) is 16.8. The molecule has 0 aliphatic carbocycles. The van der Waals surface area contributed by atoms with Crippen LogP contribution in [-0.4, -0.2) is 77.4 Å². The van der Waals surface area contributed by atoms with Crippen molar-refractivity contribution in [1.29, 1.82) is 0 Å². The van der Waals surface area contributed by atoms with Crippen molar-refractivity contribution in [2.24, 2.45) is 5.41 Å². The molecule has 0 aromatic heterocycles. The van der Waals surface area contributed by atoms with Gasteiger partial charge in [-0.1, -0.05) is 51.7 Å². The van der Waals surface area contributed by atoms with Crippen LogP contribution in [0, 0.1) is 5.41 Å². The van der Waals surface area contributed by atoms with Crippen molar-refractivity contribution < 1.29 is 23.4 Å². The van der Waals surface area contributed by atoms with Crippen molar-refractivity contribution in [3.63, 3.8) is 0 Å². The fraction of sp³-hybridized carbons (Fsp3) is 0.667. The van der Waals surface area contributed by atoms with Gasteiger partial charge in [-0.3, -0.25) is 9.11 Å². The van der Waals surface area contributed by atoms with Gasteiger partial charge < -0.3 is 19.2 Å². The molecule has 7 heteroatoms. The van der Waals surface area contributed by atoms with Crippen LogP contribution in [-0.2, 0) is 0 Å². The average Bonchev–Trinajstić information content (AvgIpc) is 3.07. The Morgan fingerprint density at radius 2 is 1.47 bits per heavy atom. The quantitative estimate of drug-likeness (QED) is 0.122. The minimum Gasteiger partial charge on any atom is -0.494 e. The fourth-order valence-corrected chi connectivity index (χ4v) is 9.35. The molecule has 6 nitrogen and oxygen atoms in total. The van der Waals surface area contributed by atoms with E-state index in [1.54, 1.807) is 0 Å².